The van der Waals surface area contributed by atoms with Crippen LogP contribution in [0.2, 0.25) is 0 Å². The molecule has 0 spiro atoms. The molecule has 2 rings (SSSR count). The number of hydrogen-bond donors (Lipinski definition) is 2. The highest BCUT2D eigenvalue weighted by Gasteiger charge is 2.35. The van der Waals surface area contributed by atoms with Crippen LogP contribution in [0.4, 0.5) is 0 Å². The van der Waals surface area contributed by atoms with Gasteiger partial charge < -0.3 is 10.6 Å². The quantitative estimate of drug-likeness (QED) is 0.674. The molecular weight excluding hydrogens is 188 g/mol. The second kappa shape index (κ2) is 4.52. The molecule has 86 valence electrons. The summed E-state index contributed by atoms with van der Waals surface area (Å²) >= 11 is 0. The molecule has 15 heavy (non-hydrogen) atoms. The van der Waals surface area contributed by atoms with Crippen molar-refractivity contribution < 1.29 is 4.79 Å². The highest BCUT2D eigenvalue weighted by atomic mass is 16.2. The van der Waals surface area contributed by atoms with Crippen molar-refractivity contribution in [2.75, 3.05) is 13.1 Å². The highest BCUT2D eigenvalue weighted by molar-refractivity contribution is 5.86. The lowest BCUT2D eigenvalue weighted by molar-refractivity contribution is -0.126. The van der Waals surface area contributed by atoms with Crippen LogP contribution in [0.5, 0.6) is 0 Å². The van der Waals surface area contributed by atoms with Crippen molar-refractivity contribution in [1.82, 2.24) is 10.6 Å². The Morgan fingerprint density at radius 2 is 2.33 bits per heavy atom. The first-order valence-corrected chi connectivity index (χ1v) is 6.24. The van der Waals surface area contributed by atoms with E-state index in [1.54, 1.807) is 0 Å². The van der Waals surface area contributed by atoms with E-state index in [0.717, 1.165) is 38.3 Å². The van der Waals surface area contributed by atoms with E-state index in [2.05, 4.69) is 10.6 Å². The van der Waals surface area contributed by atoms with Gasteiger partial charge in [-0.15, -0.1) is 0 Å². The largest absolute Gasteiger partial charge is 0.355 e. The second-order valence-corrected chi connectivity index (χ2v) is 5.20. The summed E-state index contributed by atoms with van der Waals surface area (Å²) in [6, 6.07) is 0. The fourth-order valence-corrected chi connectivity index (χ4v) is 2.28. The Balaban J connectivity index is 1.62. The summed E-state index contributed by atoms with van der Waals surface area (Å²) in [5.41, 5.74) is -0.292. The molecule has 2 N–H and O–H groups in total. The summed E-state index contributed by atoms with van der Waals surface area (Å²) in [5, 5.41) is 6.33. The van der Waals surface area contributed by atoms with Crippen molar-refractivity contribution >= 4 is 5.91 Å². The average Bonchev–Trinajstić information content (AvgIpc) is 2.94. The zero-order chi connectivity index (χ0) is 10.7. The molecule has 1 aliphatic carbocycles. The molecule has 3 nitrogen and oxygen atoms in total. The first-order valence-electron chi connectivity index (χ1n) is 6.24. The van der Waals surface area contributed by atoms with Crippen molar-refractivity contribution in [2.24, 2.45) is 5.92 Å². The van der Waals surface area contributed by atoms with Crippen LogP contribution in [0.15, 0.2) is 0 Å². The second-order valence-electron chi connectivity index (χ2n) is 5.20. The molecule has 0 aromatic rings. The molecule has 3 heteroatoms. The van der Waals surface area contributed by atoms with Crippen LogP contribution in [0.3, 0.4) is 0 Å². The van der Waals surface area contributed by atoms with Crippen molar-refractivity contribution in [3.05, 3.63) is 0 Å². The molecule has 1 unspecified atom stereocenters. The van der Waals surface area contributed by atoms with E-state index in [-0.39, 0.29) is 11.4 Å². The van der Waals surface area contributed by atoms with Crippen LogP contribution >= 0.6 is 0 Å². The lowest BCUT2D eigenvalue weighted by atomic mass is 9.99. The van der Waals surface area contributed by atoms with E-state index in [9.17, 15) is 4.79 Å². The van der Waals surface area contributed by atoms with Crippen LogP contribution in [-0.2, 0) is 4.79 Å². The first kappa shape index (κ1) is 10.9. The zero-order valence-corrected chi connectivity index (χ0v) is 9.64. The van der Waals surface area contributed by atoms with Crippen molar-refractivity contribution in [2.45, 2.75) is 51.0 Å². The summed E-state index contributed by atoms with van der Waals surface area (Å²) in [6.07, 6.45) is 7.35. The molecule has 1 heterocycles. The highest BCUT2D eigenvalue weighted by Crippen LogP contribution is 2.33. The standard InChI is InChI=1S/C12H22N2O/c1-12(7-3-9-14-12)11(15)13-8-2-4-10-5-6-10/h10,14H,2-9H2,1H3,(H,13,15). The van der Waals surface area contributed by atoms with Gasteiger partial charge >= 0.3 is 0 Å². The number of nitrogens with one attached hydrogen (secondary N) is 2. The average molecular weight is 210 g/mol. The van der Waals surface area contributed by atoms with Gasteiger partial charge in [-0.1, -0.05) is 12.8 Å². The van der Waals surface area contributed by atoms with E-state index in [1.807, 2.05) is 6.92 Å². The Kier molecular flexibility index (Phi) is 3.29. The molecule has 2 fully saturated rings. The maximum absolute atomic E-state index is 11.9. The molecule has 0 radical (unpaired) electrons. The first-order chi connectivity index (χ1) is 7.21. The number of rotatable bonds is 5. The van der Waals surface area contributed by atoms with E-state index >= 15 is 0 Å². The van der Waals surface area contributed by atoms with E-state index in [1.165, 1.54) is 19.3 Å². The third kappa shape index (κ3) is 2.94. The number of amides is 1. The fourth-order valence-electron chi connectivity index (χ4n) is 2.28. The molecule has 1 aliphatic heterocycles. The molecule has 1 saturated heterocycles. The van der Waals surface area contributed by atoms with Crippen LogP contribution < -0.4 is 10.6 Å². The molecule has 2 aliphatic rings. The van der Waals surface area contributed by atoms with Gasteiger partial charge in [0.15, 0.2) is 0 Å². The van der Waals surface area contributed by atoms with E-state index in [4.69, 9.17) is 0 Å². The van der Waals surface area contributed by atoms with Gasteiger partial charge in [0, 0.05) is 6.54 Å². The predicted octanol–water partition coefficient (Wildman–Crippen LogP) is 1.43. The van der Waals surface area contributed by atoms with Crippen LogP contribution in [-0.4, -0.2) is 24.5 Å². The molecule has 0 bridgehead atoms. The Morgan fingerprint density at radius 1 is 1.53 bits per heavy atom. The van der Waals surface area contributed by atoms with Gasteiger partial charge in [0.1, 0.15) is 0 Å². The van der Waals surface area contributed by atoms with Crippen molar-refractivity contribution in [3.63, 3.8) is 0 Å². The summed E-state index contributed by atoms with van der Waals surface area (Å²) in [6.45, 7) is 3.84. The van der Waals surface area contributed by atoms with Gasteiger partial charge in [0.2, 0.25) is 5.91 Å². The third-order valence-electron chi connectivity index (χ3n) is 3.64. The third-order valence-corrected chi connectivity index (χ3v) is 3.64. The number of hydrogen-bond acceptors (Lipinski definition) is 2. The number of carbonyl (C=O) groups excluding carboxylic acids is 1. The van der Waals surface area contributed by atoms with Gasteiger partial charge in [0.25, 0.3) is 0 Å². The summed E-state index contributed by atoms with van der Waals surface area (Å²) < 4.78 is 0. The van der Waals surface area contributed by atoms with Crippen LogP contribution in [0.1, 0.15) is 45.4 Å². The monoisotopic (exact) mass is 210 g/mol. The summed E-state index contributed by atoms with van der Waals surface area (Å²) in [4.78, 5) is 11.9. The lowest BCUT2D eigenvalue weighted by Crippen LogP contribution is -2.51. The van der Waals surface area contributed by atoms with E-state index < -0.39 is 0 Å². The topological polar surface area (TPSA) is 41.1 Å². The van der Waals surface area contributed by atoms with Crippen LogP contribution in [0.25, 0.3) is 0 Å². The van der Waals surface area contributed by atoms with E-state index in [0.29, 0.717) is 0 Å². The van der Waals surface area contributed by atoms with Gasteiger partial charge in [0.05, 0.1) is 5.54 Å². The zero-order valence-electron chi connectivity index (χ0n) is 9.64. The maximum atomic E-state index is 11.9. The Hall–Kier alpha value is -0.570. The Morgan fingerprint density at radius 3 is 2.93 bits per heavy atom. The Bertz CT molecular complexity index is 230. The SMILES string of the molecule is CC1(C(=O)NCCCC2CC2)CCCN1. The van der Waals surface area contributed by atoms with Crippen LogP contribution in [0, 0.1) is 5.92 Å². The van der Waals surface area contributed by atoms with Gasteiger partial charge in [-0.3, -0.25) is 4.79 Å². The minimum Gasteiger partial charge on any atom is -0.355 e. The van der Waals surface area contributed by atoms with Gasteiger partial charge in [-0.05, 0) is 45.1 Å². The maximum Gasteiger partial charge on any atom is 0.240 e. The van der Waals surface area contributed by atoms with Gasteiger partial charge in [-0.2, -0.15) is 0 Å². The minimum absolute atomic E-state index is 0.191. The normalized spacial score (nSPS) is 30.5. The van der Waals surface area contributed by atoms with Gasteiger partial charge in [-0.25, -0.2) is 0 Å². The lowest BCUT2D eigenvalue weighted by Gasteiger charge is -2.22. The molecule has 1 atom stereocenters. The summed E-state index contributed by atoms with van der Waals surface area (Å²) in [5.74, 6) is 1.16. The predicted molar refractivity (Wildman–Crippen MR) is 60.6 cm³/mol. The molecular formula is C12H22N2O. The molecule has 1 amide bonds. The summed E-state index contributed by atoms with van der Waals surface area (Å²) in [7, 11) is 0. The minimum atomic E-state index is -0.292. The Labute approximate surface area is 92.0 Å². The smallest absolute Gasteiger partial charge is 0.240 e. The van der Waals surface area contributed by atoms with Crippen molar-refractivity contribution in [3.8, 4) is 0 Å². The number of carbonyl (C=O) groups is 1. The molecule has 0 aromatic heterocycles. The molecule has 0 aromatic carbocycles. The molecule has 1 saturated carbocycles. The fraction of sp³-hybridized carbons (Fsp3) is 0.917. The van der Waals surface area contributed by atoms with Crippen molar-refractivity contribution in [1.29, 1.82) is 0 Å².